The number of rotatable bonds is 5. The van der Waals surface area contributed by atoms with Crippen molar-refractivity contribution >= 4 is 46.5 Å². The Balaban J connectivity index is 1.56. The third-order valence-electron chi connectivity index (χ3n) is 4.37. The number of nitrogens with zero attached hydrogens (tertiary/aromatic N) is 1. The SMILES string of the molecule is O=C(C[C@@H]1C(=O)NCCN1C(=S)NC(=O)c1cccs1)OC[C@H]1CCCO1. The van der Waals surface area contributed by atoms with Crippen molar-refractivity contribution in [3.63, 3.8) is 0 Å². The molecule has 1 aromatic heterocycles. The maximum Gasteiger partial charge on any atom is 0.308 e. The highest BCUT2D eigenvalue weighted by Gasteiger charge is 2.34. The highest BCUT2D eigenvalue weighted by Crippen LogP contribution is 2.15. The molecule has 2 aliphatic rings. The maximum atomic E-state index is 12.3. The Morgan fingerprint density at radius 2 is 2.33 bits per heavy atom. The lowest BCUT2D eigenvalue weighted by Crippen LogP contribution is -2.60. The van der Waals surface area contributed by atoms with Crippen LogP contribution < -0.4 is 10.6 Å². The largest absolute Gasteiger partial charge is 0.463 e. The summed E-state index contributed by atoms with van der Waals surface area (Å²) in [5.41, 5.74) is 0. The van der Waals surface area contributed by atoms with E-state index >= 15 is 0 Å². The average molecular weight is 412 g/mol. The van der Waals surface area contributed by atoms with E-state index in [2.05, 4.69) is 10.6 Å². The fourth-order valence-corrected chi connectivity index (χ4v) is 3.91. The van der Waals surface area contributed by atoms with Crippen molar-refractivity contribution in [2.75, 3.05) is 26.3 Å². The van der Waals surface area contributed by atoms with Gasteiger partial charge in [0.2, 0.25) is 5.91 Å². The van der Waals surface area contributed by atoms with Gasteiger partial charge in [0, 0.05) is 19.7 Å². The van der Waals surface area contributed by atoms with Crippen molar-refractivity contribution in [1.29, 1.82) is 0 Å². The van der Waals surface area contributed by atoms with Crippen LogP contribution in [-0.4, -0.2) is 66.2 Å². The zero-order valence-electron chi connectivity index (χ0n) is 14.6. The quantitative estimate of drug-likeness (QED) is 0.543. The first-order valence-corrected chi connectivity index (χ1v) is 10.0. The lowest BCUT2D eigenvalue weighted by molar-refractivity contribution is -0.150. The van der Waals surface area contributed by atoms with Gasteiger partial charge in [-0.05, 0) is 36.5 Å². The number of carbonyl (C=O) groups is 3. The monoisotopic (exact) mass is 411 g/mol. The zero-order valence-corrected chi connectivity index (χ0v) is 16.3. The molecule has 1 aromatic rings. The van der Waals surface area contributed by atoms with E-state index in [-0.39, 0.29) is 36.1 Å². The van der Waals surface area contributed by atoms with Crippen LogP contribution in [0.25, 0.3) is 0 Å². The van der Waals surface area contributed by atoms with E-state index in [0.717, 1.165) is 12.8 Å². The minimum atomic E-state index is -0.813. The van der Waals surface area contributed by atoms with Crippen LogP contribution in [0, 0.1) is 0 Å². The average Bonchev–Trinajstić information content (AvgIpc) is 3.35. The van der Waals surface area contributed by atoms with Crippen LogP contribution in [0.1, 0.15) is 28.9 Å². The van der Waals surface area contributed by atoms with E-state index in [0.29, 0.717) is 24.6 Å². The summed E-state index contributed by atoms with van der Waals surface area (Å²) in [4.78, 5) is 38.7. The van der Waals surface area contributed by atoms with Gasteiger partial charge in [0.05, 0.1) is 17.4 Å². The normalized spacial score (nSPS) is 22.2. The molecule has 0 aliphatic carbocycles. The number of hydrogen-bond acceptors (Lipinski definition) is 7. The summed E-state index contributed by atoms with van der Waals surface area (Å²) in [6.45, 7) is 1.65. The molecule has 3 rings (SSSR count). The van der Waals surface area contributed by atoms with Crippen LogP contribution in [-0.2, 0) is 19.1 Å². The van der Waals surface area contributed by atoms with Crippen LogP contribution in [0.15, 0.2) is 17.5 Å². The molecule has 0 unspecified atom stereocenters. The predicted octanol–water partition coefficient (Wildman–Crippen LogP) is 0.676. The molecule has 0 saturated carbocycles. The van der Waals surface area contributed by atoms with Crippen LogP contribution in [0.3, 0.4) is 0 Å². The highest BCUT2D eigenvalue weighted by atomic mass is 32.1. The molecule has 27 heavy (non-hydrogen) atoms. The summed E-state index contributed by atoms with van der Waals surface area (Å²) < 4.78 is 10.7. The second-order valence-corrected chi connectivity index (χ2v) is 7.59. The number of thiocarbonyl (C=S) groups is 1. The minimum absolute atomic E-state index is 0.0728. The van der Waals surface area contributed by atoms with Gasteiger partial charge < -0.3 is 19.7 Å². The van der Waals surface area contributed by atoms with Crippen LogP contribution >= 0.6 is 23.6 Å². The summed E-state index contributed by atoms with van der Waals surface area (Å²) >= 11 is 6.60. The van der Waals surface area contributed by atoms with Gasteiger partial charge in [-0.1, -0.05) is 6.07 Å². The van der Waals surface area contributed by atoms with Crippen LogP contribution in [0.5, 0.6) is 0 Å². The summed E-state index contributed by atoms with van der Waals surface area (Å²) in [6.07, 6.45) is 1.60. The Labute approximate surface area is 166 Å². The summed E-state index contributed by atoms with van der Waals surface area (Å²) in [5, 5.41) is 7.26. The number of thiophene rings is 1. The molecule has 2 aliphatic heterocycles. The molecule has 2 saturated heterocycles. The minimum Gasteiger partial charge on any atom is -0.463 e. The standard InChI is InChI=1S/C17H21N3O5S2/c21-14(25-10-11-3-1-7-24-11)9-12-15(22)18-5-6-20(12)17(26)19-16(23)13-4-2-8-27-13/h2,4,8,11-12H,1,3,5-7,9-10H2,(H,18,22)(H,19,23,26)/t11-,12-/m1/s1. The van der Waals surface area contributed by atoms with Gasteiger partial charge in [0.1, 0.15) is 12.6 Å². The Bertz CT molecular complexity index is 703. The van der Waals surface area contributed by atoms with Crippen molar-refractivity contribution in [3.05, 3.63) is 22.4 Å². The van der Waals surface area contributed by atoms with Crippen LogP contribution in [0.2, 0.25) is 0 Å². The topological polar surface area (TPSA) is 97.0 Å². The van der Waals surface area contributed by atoms with Gasteiger partial charge >= 0.3 is 5.97 Å². The molecule has 2 N–H and O–H groups in total. The molecule has 0 bridgehead atoms. The molecular weight excluding hydrogens is 390 g/mol. The molecular formula is C17H21N3O5S2. The third-order valence-corrected chi connectivity index (χ3v) is 5.58. The number of hydrogen-bond donors (Lipinski definition) is 2. The summed E-state index contributed by atoms with van der Waals surface area (Å²) in [5.74, 6) is -1.14. The number of ether oxygens (including phenoxy) is 2. The summed E-state index contributed by atoms with van der Waals surface area (Å²) in [6, 6.07) is 2.64. The first-order chi connectivity index (χ1) is 13.0. The molecule has 0 radical (unpaired) electrons. The predicted molar refractivity (Wildman–Crippen MR) is 102 cm³/mol. The fraction of sp³-hybridized carbons (Fsp3) is 0.529. The number of nitrogens with one attached hydrogen (secondary N) is 2. The number of esters is 1. The van der Waals surface area contributed by atoms with E-state index in [4.69, 9.17) is 21.7 Å². The van der Waals surface area contributed by atoms with E-state index in [1.54, 1.807) is 22.4 Å². The lowest BCUT2D eigenvalue weighted by atomic mass is 10.1. The highest BCUT2D eigenvalue weighted by molar-refractivity contribution is 7.80. The van der Waals surface area contributed by atoms with Gasteiger partial charge in [-0.15, -0.1) is 11.3 Å². The van der Waals surface area contributed by atoms with E-state index in [1.165, 1.54) is 11.3 Å². The Kier molecular flexibility index (Phi) is 6.75. The van der Waals surface area contributed by atoms with Gasteiger partial charge in [-0.3, -0.25) is 19.7 Å². The van der Waals surface area contributed by atoms with E-state index in [9.17, 15) is 14.4 Å². The van der Waals surface area contributed by atoms with Crippen LogP contribution in [0.4, 0.5) is 0 Å². The van der Waals surface area contributed by atoms with Crippen molar-refractivity contribution in [1.82, 2.24) is 15.5 Å². The smallest absolute Gasteiger partial charge is 0.308 e. The van der Waals surface area contributed by atoms with Crippen molar-refractivity contribution in [2.45, 2.75) is 31.4 Å². The summed E-state index contributed by atoms with van der Waals surface area (Å²) in [7, 11) is 0. The van der Waals surface area contributed by atoms with Crippen molar-refractivity contribution < 1.29 is 23.9 Å². The fourth-order valence-electron chi connectivity index (χ4n) is 2.98. The zero-order chi connectivity index (χ0) is 19.2. The molecule has 10 heteroatoms. The number of amides is 2. The lowest BCUT2D eigenvalue weighted by Gasteiger charge is -2.36. The molecule has 146 valence electrons. The van der Waals surface area contributed by atoms with Gasteiger partial charge in [0.15, 0.2) is 5.11 Å². The molecule has 0 spiro atoms. The Hall–Kier alpha value is -2.04. The first kappa shape index (κ1) is 19.7. The Morgan fingerprint density at radius 1 is 1.48 bits per heavy atom. The van der Waals surface area contributed by atoms with Gasteiger partial charge in [-0.2, -0.15) is 0 Å². The second-order valence-electron chi connectivity index (χ2n) is 6.26. The van der Waals surface area contributed by atoms with Crippen molar-refractivity contribution in [3.8, 4) is 0 Å². The van der Waals surface area contributed by atoms with Gasteiger partial charge in [-0.25, -0.2) is 0 Å². The molecule has 8 nitrogen and oxygen atoms in total. The van der Waals surface area contributed by atoms with Crippen molar-refractivity contribution in [2.24, 2.45) is 0 Å². The van der Waals surface area contributed by atoms with E-state index < -0.39 is 12.0 Å². The second kappa shape index (κ2) is 9.25. The van der Waals surface area contributed by atoms with Gasteiger partial charge in [0.25, 0.3) is 5.91 Å². The Morgan fingerprint density at radius 3 is 3.04 bits per heavy atom. The molecule has 2 fully saturated rings. The molecule has 3 heterocycles. The maximum absolute atomic E-state index is 12.3. The molecule has 2 atom stereocenters. The van der Waals surface area contributed by atoms with E-state index in [1.807, 2.05) is 0 Å². The molecule has 0 aromatic carbocycles. The third kappa shape index (κ3) is 5.24. The molecule has 2 amide bonds. The first-order valence-electron chi connectivity index (χ1n) is 8.75. The number of piperazine rings is 1. The number of carbonyl (C=O) groups excluding carboxylic acids is 3.